The van der Waals surface area contributed by atoms with Gasteiger partial charge in [0.05, 0.1) is 5.56 Å². The molecular weight excluding hydrogens is 338 g/mol. The highest BCUT2D eigenvalue weighted by Crippen LogP contribution is 2.18. The Bertz CT molecular complexity index is 948. The summed E-state index contributed by atoms with van der Waals surface area (Å²) in [5.74, 6) is 0.455. The third kappa shape index (κ3) is 4.58. The minimum atomic E-state index is -0.194. The molecule has 0 spiro atoms. The number of nitrogens with one attached hydrogen (secondary N) is 2. The van der Waals surface area contributed by atoms with Crippen molar-refractivity contribution in [2.45, 2.75) is 20.3 Å². The van der Waals surface area contributed by atoms with Crippen molar-refractivity contribution in [2.24, 2.45) is 0 Å². The number of aromatic nitrogens is 1. The monoisotopic (exact) mass is 359 g/mol. The highest BCUT2D eigenvalue weighted by Gasteiger charge is 2.09. The van der Waals surface area contributed by atoms with Crippen LogP contribution in [0.1, 0.15) is 40.1 Å². The maximum atomic E-state index is 12.4. The van der Waals surface area contributed by atoms with Crippen LogP contribution in [0.3, 0.4) is 0 Å². The number of Topliss-reactive ketones (excluding diaryl/α,β-unsaturated/α-hetero) is 1. The molecule has 0 aliphatic carbocycles. The smallest absolute Gasteiger partial charge is 0.257 e. The second kappa shape index (κ2) is 8.27. The van der Waals surface area contributed by atoms with Gasteiger partial charge in [0.1, 0.15) is 5.82 Å². The SMILES string of the molecule is CCc1ccccc1NC(=O)c1ccc(Nc2ccc(C(C)=O)cc2)nc1. The van der Waals surface area contributed by atoms with Gasteiger partial charge in [0, 0.05) is 23.1 Å². The summed E-state index contributed by atoms with van der Waals surface area (Å²) in [6, 6.07) is 18.4. The van der Waals surface area contributed by atoms with Crippen LogP contribution in [0, 0.1) is 0 Å². The van der Waals surface area contributed by atoms with Gasteiger partial charge in [0.15, 0.2) is 5.78 Å². The van der Waals surface area contributed by atoms with E-state index in [1.54, 1.807) is 24.3 Å². The topological polar surface area (TPSA) is 71.1 Å². The minimum absolute atomic E-state index is 0.0275. The number of pyridine rings is 1. The second-order valence-corrected chi connectivity index (χ2v) is 6.16. The number of benzene rings is 2. The van der Waals surface area contributed by atoms with E-state index in [0.29, 0.717) is 16.9 Å². The van der Waals surface area contributed by atoms with Gasteiger partial charge in [-0.1, -0.05) is 25.1 Å². The van der Waals surface area contributed by atoms with Crippen molar-refractivity contribution in [3.8, 4) is 0 Å². The van der Waals surface area contributed by atoms with Crippen molar-refractivity contribution >= 4 is 28.9 Å². The predicted molar refractivity (Wildman–Crippen MR) is 108 cm³/mol. The Labute approximate surface area is 158 Å². The molecule has 0 fully saturated rings. The predicted octanol–water partition coefficient (Wildman–Crippen LogP) is 4.84. The number of rotatable bonds is 6. The van der Waals surface area contributed by atoms with E-state index in [1.807, 2.05) is 36.4 Å². The van der Waals surface area contributed by atoms with Crippen LogP contribution in [0.2, 0.25) is 0 Å². The van der Waals surface area contributed by atoms with E-state index in [2.05, 4.69) is 22.5 Å². The maximum absolute atomic E-state index is 12.4. The molecule has 5 nitrogen and oxygen atoms in total. The molecule has 0 aliphatic rings. The Hall–Kier alpha value is -3.47. The molecule has 3 aromatic rings. The number of hydrogen-bond donors (Lipinski definition) is 2. The van der Waals surface area contributed by atoms with Crippen LogP contribution < -0.4 is 10.6 Å². The lowest BCUT2D eigenvalue weighted by atomic mass is 10.1. The molecule has 0 saturated carbocycles. The summed E-state index contributed by atoms with van der Waals surface area (Å²) in [4.78, 5) is 28.1. The van der Waals surface area contributed by atoms with Crippen LogP contribution in [0.5, 0.6) is 0 Å². The first kappa shape index (κ1) is 18.3. The summed E-state index contributed by atoms with van der Waals surface area (Å²) in [7, 11) is 0. The van der Waals surface area contributed by atoms with E-state index in [4.69, 9.17) is 0 Å². The van der Waals surface area contributed by atoms with Crippen LogP contribution >= 0.6 is 0 Å². The average molecular weight is 359 g/mol. The van der Waals surface area contributed by atoms with E-state index in [1.165, 1.54) is 13.1 Å². The Balaban J connectivity index is 1.67. The summed E-state index contributed by atoms with van der Waals surface area (Å²) >= 11 is 0. The van der Waals surface area contributed by atoms with Gasteiger partial charge in [-0.15, -0.1) is 0 Å². The highest BCUT2D eigenvalue weighted by molar-refractivity contribution is 6.04. The molecule has 5 heteroatoms. The summed E-state index contributed by atoms with van der Waals surface area (Å²) in [5.41, 5.74) is 3.87. The number of nitrogens with zero attached hydrogens (tertiary/aromatic N) is 1. The van der Waals surface area contributed by atoms with E-state index in [-0.39, 0.29) is 11.7 Å². The summed E-state index contributed by atoms with van der Waals surface area (Å²) in [5, 5.41) is 6.08. The molecule has 1 amide bonds. The van der Waals surface area contributed by atoms with Gasteiger partial charge in [-0.3, -0.25) is 9.59 Å². The van der Waals surface area contributed by atoms with Crippen molar-refractivity contribution in [3.63, 3.8) is 0 Å². The number of carbonyl (C=O) groups is 2. The summed E-state index contributed by atoms with van der Waals surface area (Å²) in [6.07, 6.45) is 2.39. The van der Waals surface area contributed by atoms with Crippen LogP contribution in [-0.2, 0) is 6.42 Å². The summed E-state index contributed by atoms with van der Waals surface area (Å²) in [6.45, 7) is 3.59. The van der Waals surface area contributed by atoms with E-state index in [9.17, 15) is 9.59 Å². The van der Waals surface area contributed by atoms with Crippen LogP contribution in [0.4, 0.5) is 17.2 Å². The van der Waals surface area contributed by atoms with Crippen molar-refractivity contribution in [1.29, 1.82) is 0 Å². The number of anilines is 3. The zero-order chi connectivity index (χ0) is 19.2. The quantitative estimate of drug-likeness (QED) is 0.618. The normalized spacial score (nSPS) is 10.3. The number of hydrogen-bond acceptors (Lipinski definition) is 4. The van der Waals surface area contributed by atoms with Crippen molar-refractivity contribution in [2.75, 3.05) is 10.6 Å². The number of amides is 1. The van der Waals surface area contributed by atoms with Gasteiger partial charge in [-0.2, -0.15) is 0 Å². The molecule has 0 saturated heterocycles. The molecule has 0 bridgehead atoms. The molecule has 3 rings (SSSR count). The van der Waals surface area contributed by atoms with Gasteiger partial charge in [0.25, 0.3) is 5.91 Å². The van der Waals surface area contributed by atoms with Crippen LogP contribution in [0.25, 0.3) is 0 Å². The number of aryl methyl sites for hydroxylation is 1. The average Bonchev–Trinajstić information content (AvgIpc) is 2.69. The fourth-order valence-corrected chi connectivity index (χ4v) is 2.68. The van der Waals surface area contributed by atoms with Crippen molar-refractivity contribution in [1.82, 2.24) is 4.98 Å². The Morgan fingerprint density at radius 2 is 1.63 bits per heavy atom. The molecule has 0 radical (unpaired) electrons. The number of ketones is 1. The first-order valence-corrected chi connectivity index (χ1v) is 8.80. The second-order valence-electron chi connectivity index (χ2n) is 6.16. The molecule has 0 aliphatic heterocycles. The molecule has 0 atom stereocenters. The molecular formula is C22H21N3O2. The molecule has 136 valence electrons. The van der Waals surface area contributed by atoms with Crippen LogP contribution in [0.15, 0.2) is 66.9 Å². The summed E-state index contributed by atoms with van der Waals surface area (Å²) < 4.78 is 0. The standard InChI is InChI=1S/C22H21N3O2/c1-3-16-6-4-5-7-20(16)25-22(27)18-10-13-21(23-14-18)24-19-11-8-17(9-12-19)15(2)26/h4-14H,3H2,1-2H3,(H,23,24)(H,25,27). The van der Waals surface area contributed by atoms with E-state index in [0.717, 1.165) is 23.4 Å². The molecule has 2 N–H and O–H groups in total. The number of carbonyl (C=O) groups excluding carboxylic acids is 2. The largest absolute Gasteiger partial charge is 0.340 e. The number of para-hydroxylation sites is 1. The maximum Gasteiger partial charge on any atom is 0.257 e. The molecule has 1 heterocycles. The zero-order valence-electron chi connectivity index (χ0n) is 15.3. The molecule has 2 aromatic carbocycles. The van der Waals surface area contributed by atoms with Gasteiger partial charge in [0.2, 0.25) is 0 Å². The molecule has 27 heavy (non-hydrogen) atoms. The van der Waals surface area contributed by atoms with Gasteiger partial charge in [-0.25, -0.2) is 4.98 Å². The van der Waals surface area contributed by atoms with Gasteiger partial charge in [-0.05, 0) is 61.4 Å². The third-order valence-electron chi connectivity index (χ3n) is 4.24. The fraction of sp³-hybridized carbons (Fsp3) is 0.136. The van der Waals surface area contributed by atoms with Crippen molar-refractivity contribution < 1.29 is 9.59 Å². The fourth-order valence-electron chi connectivity index (χ4n) is 2.68. The van der Waals surface area contributed by atoms with Crippen LogP contribution in [-0.4, -0.2) is 16.7 Å². The van der Waals surface area contributed by atoms with Crippen molar-refractivity contribution in [3.05, 3.63) is 83.6 Å². The first-order valence-electron chi connectivity index (χ1n) is 8.80. The lowest BCUT2D eigenvalue weighted by molar-refractivity contribution is 0.101. The third-order valence-corrected chi connectivity index (χ3v) is 4.24. The highest BCUT2D eigenvalue weighted by atomic mass is 16.1. The first-order chi connectivity index (χ1) is 13.1. The lowest BCUT2D eigenvalue weighted by Gasteiger charge is -2.10. The molecule has 0 unspecified atom stereocenters. The molecule has 1 aromatic heterocycles. The lowest BCUT2D eigenvalue weighted by Crippen LogP contribution is -2.13. The zero-order valence-corrected chi connectivity index (χ0v) is 15.3. The van der Waals surface area contributed by atoms with E-state index < -0.39 is 0 Å². The van der Waals surface area contributed by atoms with Gasteiger partial charge >= 0.3 is 0 Å². The Kier molecular flexibility index (Phi) is 5.61. The Morgan fingerprint density at radius 1 is 0.926 bits per heavy atom. The minimum Gasteiger partial charge on any atom is -0.340 e. The Morgan fingerprint density at radius 3 is 2.26 bits per heavy atom. The van der Waals surface area contributed by atoms with E-state index >= 15 is 0 Å². The van der Waals surface area contributed by atoms with Gasteiger partial charge < -0.3 is 10.6 Å².